The second-order valence-corrected chi connectivity index (χ2v) is 4.63. The molecule has 0 bridgehead atoms. The summed E-state index contributed by atoms with van der Waals surface area (Å²) in [4.78, 5) is 6.79. The largest absolute Gasteiger partial charge is 0.356 e. The van der Waals surface area contributed by atoms with E-state index in [0.717, 1.165) is 31.1 Å². The van der Waals surface area contributed by atoms with E-state index in [1.807, 2.05) is 26.1 Å². The van der Waals surface area contributed by atoms with E-state index < -0.39 is 0 Å². The number of hydrogen-bond donors (Lipinski definition) is 1. The molecule has 0 radical (unpaired) electrons. The zero-order valence-corrected chi connectivity index (χ0v) is 10.4. The molecular formula is C13H18N4. The number of nitrogens with one attached hydrogen (secondary N) is 1. The van der Waals surface area contributed by atoms with Crippen molar-refractivity contribution in [1.29, 1.82) is 5.26 Å². The molecule has 2 rings (SSSR count). The van der Waals surface area contributed by atoms with Gasteiger partial charge < -0.3 is 10.2 Å². The molecule has 1 aromatic heterocycles. The minimum Gasteiger partial charge on any atom is -0.356 e. The quantitative estimate of drug-likeness (QED) is 0.850. The highest BCUT2D eigenvalue weighted by Crippen LogP contribution is 2.22. The summed E-state index contributed by atoms with van der Waals surface area (Å²) in [6.45, 7) is 5.05. The first-order valence-corrected chi connectivity index (χ1v) is 6.01. The molecule has 0 saturated carbocycles. The fraction of sp³-hybridized carbons (Fsp3) is 0.538. The second kappa shape index (κ2) is 5.15. The maximum atomic E-state index is 8.96. The number of hydrogen-bond acceptors (Lipinski definition) is 4. The molecule has 1 aliphatic rings. The summed E-state index contributed by atoms with van der Waals surface area (Å²) in [6, 6.07) is 5.90. The van der Waals surface area contributed by atoms with Gasteiger partial charge in [-0.3, -0.25) is 0 Å². The third kappa shape index (κ3) is 2.75. The highest BCUT2D eigenvalue weighted by atomic mass is 15.2. The Hall–Kier alpha value is -1.60. The number of aryl methyl sites for hydroxylation is 1. The molecule has 1 N–H and O–H groups in total. The van der Waals surface area contributed by atoms with Crippen molar-refractivity contribution in [3.05, 3.63) is 23.4 Å². The van der Waals surface area contributed by atoms with E-state index in [2.05, 4.69) is 21.3 Å². The normalized spacial score (nSPS) is 19.4. The van der Waals surface area contributed by atoms with Crippen molar-refractivity contribution >= 4 is 5.82 Å². The van der Waals surface area contributed by atoms with Crippen molar-refractivity contribution in [1.82, 2.24) is 10.3 Å². The van der Waals surface area contributed by atoms with Gasteiger partial charge in [0, 0.05) is 18.8 Å². The fourth-order valence-corrected chi connectivity index (χ4v) is 2.37. The summed E-state index contributed by atoms with van der Waals surface area (Å²) >= 11 is 0. The van der Waals surface area contributed by atoms with Gasteiger partial charge in [-0.15, -0.1) is 0 Å². The van der Waals surface area contributed by atoms with Gasteiger partial charge in [-0.05, 0) is 45.0 Å². The van der Waals surface area contributed by atoms with Crippen LogP contribution in [0.4, 0.5) is 5.82 Å². The lowest BCUT2D eigenvalue weighted by Crippen LogP contribution is -2.25. The van der Waals surface area contributed by atoms with E-state index in [1.165, 1.54) is 6.42 Å². The van der Waals surface area contributed by atoms with Crippen LogP contribution in [0.2, 0.25) is 0 Å². The van der Waals surface area contributed by atoms with Crippen LogP contribution < -0.4 is 10.2 Å². The van der Waals surface area contributed by atoms with E-state index >= 15 is 0 Å². The van der Waals surface area contributed by atoms with Gasteiger partial charge in [0.15, 0.2) is 0 Å². The third-order valence-electron chi connectivity index (χ3n) is 3.17. The van der Waals surface area contributed by atoms with E-state index in [0.29, 0.717) is 11.5 Å². The van der Waals surface area contributed by atoms with E-state index in [1.54, 1.807) is 0 Å². The summed E-state index contributed by atoms with van der Waals surface area (Å²) in [5.41, 5.74) is 1.61. The Kier molecular flexibility index (Phi) is 3.60. The van der Waals surface area contributed by atoms with Gasteiger partial charge in [0.05, 0.1) is 11.6 Å². The molecule has 1 saturated heterocycles. The lowest BCUT2D eigenvalue weighted by atomic mass is 10.1. The first kappa shape index (κ1) is 11.9. The van der Waals surface area contributed by atoms with E-state index in [9.17, 15) is 0 Å². The van der Waals surface area contributed by atoms with E-state index in [4.69, 9.17) is 5.26 Å². The Morgan fingerprint density at radius 2 is 2.41 bits per heavy atom. The molecule has 1 atom stereocenters. The Morgan fingerprint density at radius 1 is 1.59 bits per heavy atom. The highest BCUT2D eigenvalue weighted by Gasteiger charge is 2.23. The Bertz CT molecular complexity index is 436. The van der Waals surface area contributed by atoms with Crippen molar-refractivity contribution in [2.75, 3.05) is 31.6 Å². The van der Waals surface area contributed by atoms with Gasteiger partial charge >= 0.3 is 0 Å². The van der Waals surface area contributed by atoms with Crippen LogP contribution >= 0.6 is 0 Å². The van der Waals surface area contributed by atoms with Crippen LogP contribution in [0.25, 0.3) is 0 Å². The minimum absolute atomic E-state index is 0.688. The van der Waals surface area contributed by atoms with Crippen LogP contribution in [0.15, 0.2) is 12.1 Å². The van der Waals surface area contributed by atoms with Crippen LogP contribution in [-0.4, -0.2) is 31.7 Å². The molecule has 0 amide bonds. The summed E-state index contributed by atoms with van der Waals surface area (Å²) in [7, 11) is 1.99. The van der Waals surface area contributed by atoms with Crippen molar-refractivity contribution in [3.63, 3.8) is 0 Å². The summed E-state index contributed by atoms with van der Waals surface area (Å²) < 4.78 is 0. The predicted octanol–water partition coefficient (Wildman–Crippen LogP) is 1.31. The lowest BCUT2D eigenvalue weighted by Gasteiger charge is -2.18. The number of nitrogens with zero attached hydrogens (tertiary/aromatic N) is 3. The molecule has 2 heterocycles. The predicted molar refractivity (Wildman–Crippen MR) is 67.9 cm³/mol. The molecule has 17 heavy (non-hydrogen) atoms. The fourth-order valence-electron chi connectivity index (χ4n) is 2.37. The van der Waals surface area contributed by atoms with Gasteiger partial charge in [-0.1, -0.05) is 0 Å². The molecule has 0 aromatic carbocycles. The van der Waals surface area contributed by atoms with Crippen LogP contribution in [0, 0.1) is 24.2 Å². The third-order valence-corrected chi connectivity index (χ3v) is 3.17. The zero-order valence-electron chi connectivity index (χ0n) is 10.4. The van der Waals surface area contributed by atoms with Crippen molar-refractivity contribution < 1.29 is 0 Å². The topological polar surface area (TPSA) is 52.0 Å². The number of rotatable bonds is 3. The van der Waals surface area contributed by atoms with Crippen LogP contribution in [0.3, 0.4) is 0 Å². The van der Waals surface area contributed by atoms with Crippen LogP contribution in [-0.2, 0) is 0 Å². The summed E-state index contributed by atoms with van der Waals surface area (Å²) in [5, 5.41) is 12.2. The molecule has 1 aromatic rings. The van der Waals surface area contributed by atoms with Crippen LogP contribution in [0.5, 0.6) is 0 Å². The van der Waals surface area contributed by atoms with Gasteiger partial charge in [0.25, 0.3) is 0 Å². The smallest absolute Gasteiger partial charge is 0.130 e. The van der Waals surface area contributed by atoms with Crippen molar-refractivity contribution in [2.45, 2.75) is 13.3 Å². The summed E-state index contributed by atoms with van der Waals surface area (Å²) in [5.74, 6) is 1.63. The average molecular weight is 230 g/mol. The Balaban J connectivity index is 2.13. The number of pyridine rings is 1. The standard InChI is InChI=1S/C13H18N4/c1-10-5-12(7-14)6-13(16-10)17-4-3-11(9-17)8-15-2/h5-6,11,15H,3-4,8-9H2,1-2H3. The monoisotopic (exact) mass is 230 g/mol. The van der Waals surface area contributed by atoms with Gasteiger partial charge in [-0.25, -0.2) is 4.98 Å². The first-order valence-electron chi connectivity index (χ1n) is 6.01. The van der Waals surface area contributed by atoms with Crippen molar-refractivity contribution in [3.8, 4) is 6.07 Å². The molecule has 4 nitrogen and oxygen atoms in total. The highest BCUT2D eigenvalue weighted by molar-refractivity contribution is 5.47. The number of nitriles is 1. The SMILES string of the molecule is CNCC1CCN(c2cc(C#N)cc(C)n2)C1. The Morgan fingerprint density at radius 3 is 3.12 bits per heavy atom. The summed E-state index contributed by atoms with van der Waals surface area (Å²) in [6.07, 6.45) is 1.19. The molecule has 90 valence electrons. The van der Waals surface area contributed by atoms with Crippen LogP contribution in [0.1, 0.15) is 17.7 Å². The maximum Gasteiger partial charge on any atom is 0.130 e. The maximum absolute atomic E-state index is 8.96. The zero-order chi connectivity index (χ0) is 12.3. The van der Waals surface area contributed by atoms with Gasteiger partial charge in [-0.2, -0.15) is 5.26 Å². The average Bonchev–Trinajstić information content (AvgIpc) is 2.77. The van der Waals surface area contributed by atoms with Gasteiger partial charge in [0.2, 0.25) is 0 Å². The molecule has 0 aliphatic carbocycles. The second-order valence-electron chi connectivity index (χ2n) is 4.63. The van der Waals surface area contributed by atoms with Gasteiger partial charge in [0.1, 0.15) is 5.82 Å². The number of anilines is 1. The lowest BCUT2D eigenvalue weighted by molar-refractivity contribution is 0.549. The molecular weight excluding hydrogens is 212 g/mol. The molecule has 4 heteroatoms. The molecule has 0 spiro atoms. The Labute approximate surface area is 102 Å². The van der Waals surface area contributed by atoms with E-state index in [-0.39, 0.29) is 0 Å². The molecule has 1 unspecified atom stereocenters. The number of aromatic nitrogens is 1. The molecule has 1 fully saturated rings. The minimum atomic E-state index is 0.688. The first-order chi connectivity index (χ1) is 8.22. The molecule has 1 aliphatic heterocycles. The van der Waals surface area contributed by atoms with Crippen molar-refractivity contribution in [2.24, 2.45) is 5.92 Å².